The van der Waals surface area contributed by atoms with Crippen LogP contribution in [0.15, 0.2) is 16.6 Å². The molecule has 1 unspecified atom stereocenters. The highest BCUT2D eigenvalue weighted by atomic mass is 79.9. The third-order valence-electron chi connectivity index (χ3n) is 2.51. The summed E-state index contributed by atoms with van der Waals surface area (Å²) in [5, 5.41) is 0. The lowest BCUT2D eigenvalue weighted by Crippen LogP contribution is -2.20. The van der Waals surface area contributed by atoms with Gasteiger partial charge < -0.3 is 15.2 Å². The van der Waals surface area contributed by atoms with Crippen molar-refractivity contribution in [1.82, 2.24) is 0 Å². The van der Waals surface area contributed by atoms with E-state index < -0.39 is 18.6 Å². The lowest BCUT2D eigenvalue weighted by Gasteiger charge is -2.19. The Balaban J connectivity index is 3.10. The molecule has 1 aromatic rings. The van der Waals surface area contributed by atoms with E-state index in [4.69, 9.17) is 15.2 Å². The SMILES string of the molecule is CCOc1cc(Br)c(C(N)CC(F)(F)F)cc1OCC. The quantitative estimate of drug-likeness (QED) is 0.831. The Labute approximate surface area is 124 Å². The van der Waals surface area contributed by atoms with E-state index in [9.17, 15) is 13.2 Å². The topological polar surface area (TPSA) is 44.5 Å². The molecule has 0 amide bonds. The first kappa shape index (κ1) is 17.1. The number of halogens is 4. The van der Waals surface area contributed by atoms with Crippen molar-refractivity contribution in [3.05, 3.63) is 22.2 Å². The Kier molecular flexibility index (Phi) is 6.13. The van der Waals surface area contributed by atoms with Crippen molar-refractivity contribution in [3.63, 3.8) is 0 Å². The third kappa shape index (κ3) is 4.86. The molecule has 0 saturated heterocycles. The highest BCUT2D eigenvalue weighted by Gasteiger charge is 2.32. The molecular formula is C13H17BrF3NO2. The highest BCUT2D eigenvalue weighted by Crippen LogP contribution is 2.38. The lowest BCUT2D eigenvalue weighted by molar-refractivity contribution is -0.138. The van der Waals surface area contributed by atoms with E-state index in [0.717, 1.165) is 0 Å². The number of hydrogen-bond donors (Lipinski definition) is 1. The number of nitrogens with two attached hydrogens (primary N) is 1. The Morgan fingerprint density at radius 3 is 2.10 bits per heavy atom. The summed E-state index contributed by atoms with van der Waals surface area (Å²) in [6.07, 6.45) is -5.41. The van der Waals surface area contributed by atoms with Crippen molar-refractivity contribution in [1.29, 1.82) is 0 Å². The van der Waals surface area contributed by atoms with Gasteiger partial charge in [0, 0.05) is 10.5 Å². The largest absolute Gasteiger partial charge is 0.490 e. The molecule has 0 saturated carbocycles. The number of ether oxygens (including phenoxy) is 2. The smallest absolute Gasteiger partial charge is 0.390 e. The molecule has 1 atom stereocenters. The second-order valence-electron chi connectivity index (χ2n) is 4.11. The first-order chi connectivity index (χ1) is 9.28. The molecule has 0 aliphatic rings. The molecule has 0 aliphatic carbocycles. The van der Waals surface area contributed by atoms with Crippen molar-refractivity contribution in [3.8, 4) is 11.5 Å². The van der Waals surface area contributed by atoms with Gasteiger partial charge in [-0.3, -0.25) is 0 Å². The van der Waals surface area contributed by atoms with E-state index in [1.54, 1.807) is 13.0 Å². The van der Waals surface area contributed by atoms with Gasteiger partial charge in [-0.05, 0) is 31.5 Å². The summed E-state index contributed by atoms with van der Waals surface area (Å²) in [7, 11) is 0. The number of alkyl halides is 3. The zero-order chi connectivity index (χ0) is 15.3. The zero-order valence-corrected chi connectivity index (χ0v) is 12.8. The Morgan fingerprint density at radius 1 is 1.15 bits per heavy atom. The maximum Gasteiger partial charge on any atom is 0.390 e. The standard InChI is InChI=1S/C13H17BrF3NO2/c1-3-19-11-5-8(10(18)7-13(15,16)17)9(14)6-12(11)20-4-2/h5-6,10H,3-4,7,18H2,1-2H3. The van der Waals surface area contributed by atoms with E-state index in [1.165, 1.54) is 6.07 Å². The fourth-order valence-electron chi connectivity index (χ4n) is 1.73. The molecule has 0 radical (unpaired) electrons. The van der Waals surface area contributed by atoms with Crippen LogP contribution in [0.25, 0.3) is 0 Å². The van der Waals surface area contributed by atoms with Gasteiger partial charge in [-0.15, -0.1) is 0 Å². The molecular weight excluding hydrogens is 339 g/mol. The fraction of sp³-hybridized carbons (Fsp3) is 0.538. The van der Waals surface area contributed by atoms with Gasteiger partial charge in [0.25, 0.3) is 0 Å². The van der Waals surface area contributed by atoms with Crippen LogP contribution in [0.2, 0.25) is 0 Å². The second-order valence-corrected chi connectivity index (χ2v) is 4.97. The molecule has 0 aromatic heterocycles. The van der Waals surface area contributed by atoms with E-state index in [-0.39, 0.29) is 0 Å². The van der Waals surface area contributed by atoms with Gasteiger partial charge in [0.1, 0.15) is 0 Å². The van der Waals surface area contributed by atoms with E-state index in [0.29, 0.717) is 34.7 Å². The van der Waals surface area contributed by atoms with Gasteiger partial charge in [0.05, 0.1) is 19.6 Å². The van der Waals surface area contributed by atoms with Crippen molar-refractivity contribution < 1.29 is 22.6 Å². The number of rotatable bonds is 6. The van der Waals surface area contributed by atoms with E-state index in [1.807, 2.05) is 6.92 Å². The van der Waals surface area contributed by atoms with Crippen molar-refractivity contribution in [2.45, 2.75) is 32.5 Å². The molecule has 3 nitrogen and oxygen atoms in total. The Morgan fingerprint density at radius 2 is 1.65 bits per heavy atom. The zero-order valence-electron chi connectivity index (χ0n) is 11.3. The second kappa shape index (κ2) is 7.17. The monoisotopic (exact) mass is 355 g/mol. The van der Waals surface area contributed by atoms with Crippen LogP contribution in [-0.2, 0) is 0 Å². The van der Waals surface area contributed by atoms with Crippen LogP contribution < -0.4 is 15.2 Å². The first-order valence-electron chi connectivity index (χ1n) is 6.19. The highest BCUT2D eigenvalue weighted by molar-refractivity contribution is 9.10. The first-order valence-corrected chi connectivity index (χ1v) is 6.99. The van der Waals surface area contributed by atoms with Crippen LogP contribution in [0.5, 0.6) is 11.5 Å². The summed E-state index contributed by atoms with van der Waals surface area (Å²) < 4.78 is 48.5. The van der Waals surface area contributed by atoms with Crippen molar-refractivity contribution in [2.24, 2.45) is 5.73 Å². The van der Waals surface area contributed by atoms with Crippen LogP contribution in [-0.4, -0.2) is 19.4 Å². The minimum absolute atomic E-state index is 0.342. The van der Waals surface area contributed by atoms with Crippen molar-refractivity contribution in [2.75, 3.05) is 13.2 Å². The number of hydrogen-bond acceptors (Lipinski definition) is 3. The molecule has 0 bridgehead atoms. The molecule has 114 valence electrons. The summed E-state index contributed by atoms with van der Waals surface area (Å²) in [5.74, 6) is 0.870. The Hall–Kier alpha value is -0.950. The molecule has 0 spiro atoms. The van der Waals surface area contributed by atoms with Crippen LogP contribution in [0.3, 0.4) is 0 Å². The van der Waals surface area contributed by atoms with Crippen LogP contribution in [0.1, 0.15) is 31.9 Å². The van der Waals surface area contributed by atoms with Gasteiger partial charge in [0.15, 0.2) is 11.5 Å². The predicted molar refractivity (Wildman–Crippen MR) is 74.1 cm³/mol. The van der Waals surface area contributed by atoms with Gasteiger partial charge in [-0.25, -0.2) is 0 Å². The van der Waals surface area contributed by atoms with Gasteiger partial charge in [0.2, 0.25) is 0 Å². The molecule has 1 rings (SSSR count). The molecule has 7 heteroatoms. The summed E-state index contributed by atoms with van der Waals surface area (Å²) in [4.78, 5) is 0. The third-order valence-corrected chi connectivity index (χ3v) is 3.20. The summed E-state index contributed by atoms with van der Waals surface area (Å²) in [5.41, 5.74) is 5.97. The normalized spacial score (nSPS) is 13.2. The van der Waals surface area contributed by atoms with Gasteiger partial charge in [-0.1, -0.05) is 15.9 Å². The van der Waals surface area contributed by atoms with Gasteiger partial charge >= 0.3 is 6.18 Å². The average molecular weight is 356 g/mol. The minimum Gasteiger partial charge on any atom is -0.490 e. The van der Waals surface area contributed by atoms with E-state index >= 15 is 0 Å². The minimum atomic E-state index is -4.32. The Bertz CT molecular complexity index is 452. The molecule has 2 N–H and O–H groups in total. The summed E-state index contributed by atoms with van der Waals surface area (Å²) in [6, 6.07) is 1.92. The van der Waals surface area contributed by atoms with Crippen LogP contribution in [0.4, 0.5) is 13.2 Å². The van der Waals surface area contributed by atoms with Crippen LogP contribution >= 0.6 is 15.9 Å². The van der Waals surface area contributed by atoms with Crippen molar-refractivity contribution >= 4 is 15.9 Å². The van der Waals surface area contributed by atoms with E-state index in [2.05, 4.69) is 15.9 Å². The lowest BCUT2D eigenvalue weighted by atomic mass is 10.0. The predicted octanol–water partition coefficient (Wildman–Crippen LogP) is 4.20. The number of benzene rings is 1. The molecule has 0 fully saturated rings. The average Bonchev–Trinajstić information content (AvgIpc) is 2.30. The molecule has 0 aliphatic heterocycles. The maximum atomic E-state index is 12.4. The van der Waals surface area contributed by atoms with Crippen LogP contribution in [0, 0.1) is 0 Å². The maximum absolute atomic E-state index is 12.4. The summed E-state index contributed by atoms with van der Waals surface area (Å²) >= 11 is 3.23. The molecule has 0 heterocycles. The summed E-state index contributed by atoms with van der Waals surface area (Å²) in [6.45, 7) is 4.41. The van der Waals surface area contributed by atoms with Gasteiger partial charge in [-0.2, -0.15) is 13.2 Å². The molecule has 20 heavy (non-hydrogen) atoms. The molecule has 1 aromatic carbocycles. The fourth-order valence-corrected chi connectivity index (χ4v) is 2.35.